The van der Waals surface area contributed by atoms with Gasteiger partial charge in [-0.1, -0.05) is 25.5 Å². The quantitative estimate of drug-likeness (QED) is 0.584. The van der Waals surface area contributed by atoms with Gasteiger partial charge in [-0.15, -0.1) is 0 Å². The molecule has 0 aliphatic carbocycles. The summed E-state index contributed by atoms with van der Waals surface area (Å²) in [5, 5.41) is 13.1. The number of anilines is 1. The van der Waals surface area contributed by atoms with Crippen LogP contribution >= 0.6 is 0 Å². The molecule has 5 nitrogen and oxygen atoms in total. The van der Waals surface area contributed by atoms with Gasteiger partial charge in [-0.05, 0) is 42.3 Å². The normalized spacial score (nSPS) is 11.0. The summed E-state index contributed by atoms with van der Waals surface area (Å²) < 4.78 is 7.44. The Bertz CT molecular complexity index is 1070. The second-order valence-electron chi connectivity index (χ2n) is 5.98. The minimum Gasteiger partial charge on any atom is -0.467 e. The second kappa shape index (κ2) is 6.33. The van der Waals surface area contributed by atoms with Crippen molar-refractivity contribution in [1.82, 2.24) is 9.38 Å². The number of nitriles is 1. The molecule has 1 aromatic carbocycles. The van der Waals surface area contributed by atoms with Crippen LogP contribution in [-0.4, -0.2) is 9.38 Å². The van der Waals surface area contributed by atoms with Gasteiger partial charge in [0.1, 0.15) is 17.6 Å². The maximum atomic E-state index is 9.70. The predicted octanol–water partition coefficient (Wildman–Crippen LogP) is 4.52. The average Bonchev–Trinajstić information content (AvgIpc) is 3.27. The number of para-hydroxylation sites is 2. The Kier molecular flexibility index (Phi) is 3.87. The van der Waals surface area contributed by atoms with Gasteiger partial charge >= 0.3 is 0 Å². The average molecular weight is 330 g/mol. The first-order chi connectivity index (χ1) is 12.3. The number of hydrogen-bond acceptors (Lipinski definition) is 4. The van der Waals surface area contributed by atoms with Crippen molar-refractivity contribution in [2.45, 2.75) is 26.3 Å². The number of nitrogens with one attached hydrogen (secondary N) is 1. The number of imidazole rings is 1. The molecule has 1 N–H and O–H groups in total. The molecule has 0 fully saturated rings. The van der Waals surface area contributed by atoms with E-state index in [1.165, 1.54) is 0 Å². The van der Waals surface area contributed by atoms with Crippen LogP contribution < -0.4 is 5.32 Å². The van der Waals surface area contributed by atoms with Gasteiger partial charge in [0.15, 0.2) is 5.65 Å². The molecule has 0 spiro atoms. The fourth-order valence-corrected chi connectivity index (χ4v) is 3.19. The van der Waals surface area contributed by atoms with E-state index in [0.717, 1.165) is 41.0 Å². The number of aryl methyl sites for hydroxylation is 1. The van der Waals surface area contributed by atoms with Crippen LogP contribution in [0.5, 0.6) is 0 Å². The smallest absolute Gasteiger partial charge is 0.157 e. The van der Waals surface area contributed by atoms with Gasteiger partial charge in [-0.2, -0.15) is 5.26 Å². The minimum absolute atomic E-state index is 0.575. The van der Waals surface area contributed by atoms with Crippen molar-refractivity contribution in [3.05, 3.63) is 65.6 Å². The summed E-state index contributed by atoms with van der Waals surface area (Å²) in [6.45, 7) is 2.69. The Morgan fingerprint density at radius 2 is 2.12 bits per heavy atom. The first kappa shape index (κ1) is 15.3. The number of pyridine rings is 1. The van der Waals surface area contributed by atoms with E-state index in [0.29, 0.717) is 17.8 Å². The third kappa shape index (κ3) is 2.62. The van der Waals surface area contributed by atoms with Gasteiger partial charge in [0.2, 0.25) is 0 Å². The summed E-state index contributed by atoms with van der Waals surface area (Å²) >= 11 is 0. The van der Waals surface area contributed by atoms with Crippen LogP contribution in [0.4, 0.5) is 5.82 Å². The zero-order chi connectivity index (χ0) is 17.2. The van der Waals surface area contributed by atoms with Crippen LogP contribution in [0.25, 0.3) is 16.7 Å². The van der Waals surface area contributed by atoms with Gasteiger partial charge in [0.25, 0.3) is 0 Å². The van der Waals surface area contributed by atoms with Crippen molar-refractivity contribution >= 4 is 22.5 Å². The SMILES string of the molecule is CCCc1cc(NCc2ccco2)n2c(nc3ccccc32)c1C#N. The van der Waals surface area contributed by atoms with E-state index in [9.17, 15) is 5.26 Å². The molecule has 0 bridgehead atoms. The maximum Gasteiger partial charge on any atom is 0.157 e. The van der Waals surface area contributed by atoms with E-state index in [-0.39, 0.29) is 0 Å². The van der Waals surface area contributed by atoms with Crippen LogP contribution in [0.15, 0.2) is 53.1 Å². The molecule has 0 saturated carbocycles. The first-order valence-electron chi connectivity index (χ1n) is 8.41. The van der Waals surface area contributed by atoms with E-state index in [1.54, 1.807) is 6.26 Å². The molecule has 3 heterocycles. The van der Waals surface area contributed by atoms with Crippen molar-refractivity contribution in [2.24, 2.45) is 0 Å². The zero-order valence-electron chi connectivity index (χ0n) is 14.0. The number of benzene rings is 1. The highest BCUT2D eigenvalue weighted by Gasteiger charge is 2.16. The highest BCUT2D eigenvalue weighted by Crippen LogP contribution is 2.28. The summed E-state index contributed by atoms with van der Waals surface area (Å²) in [5.41, 5.74) is 4.25. The van der Waals surface area contributed by atoms with E-state index in [4.69, 9.17) is 9.40 Å². The van der Waals surface area contributed by atoms with E-state index < -0.39 is 0 Å². The molecule has 124 valence electrons. The molecule has 0 atom stereocenters. The molecule has 3 aromatic heterocycles. The summed E-state index contributed by atoms with van der Waals surface area (Å²) in [6.07, 6.45) is 3.49. The van der Waals surface area contributed by atoms with Crippen molar-refractivity contribution < 1.29 is 4.42 Å². The molecule has 0 aliphatic rings. The topological polar surface area (TPSA) is 66.3 Å². The Balaban J connectivity index is 1.93. The van der Waals surface area contributed by atoms with Crippen LogP contribution in [0.1, 0.15) is 30.2 Å². The molecule has 0 radical (unpaired) electrons. The number of rotatable bonds is 5. The number of furan rings is 1. The van der Waals surface area contributed by atoms with Crippen LogP contribution in [0.2, 0.25) is 0 Å². The number of hydrogen-bond donors (Lipinski definition) is 1. The molecule has 0 unspecified atom stereocenters. The van der Waals surface area contributed by atoms with E-state index >= 15 is 0 Å². The zero-order valence-corrected chi connectivity index (χ0v) is 14.0. The third-order valence-electron chi connectivity index (χ3n) is 4.31. The molecule has 0 aliphatic heterocycles. The van der Waals surface area contributed by atoms with Crippen molar-refractivity contribution in [3.8, 4) is 6.07 Å². The first-order valence-corrected chi connectivity index (χ1v) is 8.41. The Hall–Kier alpha value is -3.26. The Labute approximate surface area is 145 Å². The second-order valence-corrected chi connectivity index (χ2v) is 5.98. The fraction of sp³-hybridized carbons (Fsp3) is 0.200. The molecule has 4 aromatic rings. The van der Waals surface area contributed by atoms with Gasteiger partial charge in [0, 0.05) is 0 Å². The standard InChI is InChI=1S/C20H18N4O/c1-2-6-14-11-19(22-13-15-7-5-10-25-15)24-18-9-4-3-8-17(18)23-20(24)16(14)12-21/h3-5,7-11,22H,2,6,13H2,1H3. The molecular weight excluding hydrogens is 312 g/mol. The van der Waals surface area contributed by atoms with Gasteiger partial charge in [-0.25, -0.2) is 4.98 Å². The summed E-state index contributed by atoms with van der Waals surface area (Å²) in [6, 6.07) is 16.2. The van der Waals surface area contributed by atoms with Crippen LogP contribution in [-0.2, 0) is 13.0 Å². The molecule has 25 heavy (non-hydrogen) atoms. The highest BCUT2D eigenvalue weighted by atomic mass is 16.3. The Morgan fingerprint density at radius 3 is 2.88 bits per heavy atom. The highest BCUT2D eigenvalue weighted by molar-refractivity contribution is 5.85. The van der Waals surface area contributed by atoms with Crippen molar-refractivity contribution in [1.29, 1.82) is 5.26 Å². The molecule has 0 amide bonds. The van der Waals surface area contributed by atoms with Crippen LogP contribution in [0, 0.1) is 11.3 Å². The van der Waals surface area contributed by atoms with E-state index in [1.807, 2.05) is 40.8 Å². The summed E-state index contributed by atoms with van der Waals surface area (Å²) in [5.74, 6) is 1.78. The van der Waals surface area contributed by atoms with Gasteiger partial charge < -0.3 is 9.73 Å². The monoisotopic (exact) mass is 330 g/mol. The lowest BCUT2D eigenvalue weighted by Crippen LogP contribution is -2.07. The predicted molar refractivity (Wildman–Crippen MR) is 97.4 cm³/mol. The van der Waals surface area contributed by atoms with E-state index in [2.05, 4.69) is 24.4 Å². The largest absolute Gasteiger partial charge is 0.467 e. The van der Waals surface area contributed by atoms with Gasteiger partial charge in [-0.3, -0.25) is 4.40 Å². The fourth-order valence-electron chi connectivity index (χ4n) is 3.19. The lowest BCUT2D eigenvalue weighted by molar-refractivity contribution is 0.517. The third-order valence-corrected chi connectivity index (χ3v) is 4.31. The van der Waals surface area contributed by atoms with Crippen molar-refractivity contribution in [3.63, 3.8) is 0 Å². The maximum absolute atomic E-state index is 9.70. The van der Waals surface area contributed by atoms with Crippen LogP contribution in [0.3, 0.4) is 0 Å². The molecule has 0 saturated heterocycles. The summed E-state index contributed by atoms with van der Waals surface area (Å²) in [7, 11) is 0. The lowest BCUT2D eigenvalue weighted by Gasteiger charge is -2.13. The number of nitrogens with zero attached hydrogens (tertiary/aromatic N) is 3. The molecule has 5 heteroatoms. The molecular formula is C20H18N4O. The minimum atomic E-state index is 0.575. The molecule has 4 rings (SSSR count). The number of aromatic nitrogens is 2. The summed E-state index contributed by atoms with van der Waals surface area (Å²) in [4.78, 5) is 4.71. The Morgan fingerprint density at radius 1 is 1.24 bits per heavy atom. The van der Waals surface area contributed by atoms with Crippen molar-refractivity contribution in [2.75, 3.05) is 5.32 Å². The van der Waals surface area contributed by atoms with Gasteiger partial charge in [0.05, 0.1) is 29.4 Å². The lowest BCUT2D eigenvalue weighted by atomic mass is 10.1. The number of fused-ring (bicyclic) bond motifs is 3.